The highest BCUT2D eigenvalue weighted by atomic mass is 16.4. The molecule has 1 rings (SSSR count). The molecule has 0 saturated heterocycles. The Labute approximate surface area is 89.4 Å². The van der Waals surface area contributed by atoms with Gasteiger partial charge in [0.2, 0.25) is 0 Å². The maximum Gasteiger partial charge on any atom is 0.335 e. The first kappa shape index (κ1) is 11.5. The molecule has 1 unspecified atom stereocenters. The van der Waals surface area contributed by atoms with Gasteiger partial charge in [-0.25, -0.2) is 4.79 Å². The van der Waals surface area contributed by atoms with Crippen LogP contribution in [0, 0.1) is 0 Å². The topological polar surface area (TPSA) is 49.3 Å². The summed E-state index contributed by atoms with van der Waals surface area (Å²) < 4.78 is 0. The number of rotatable bonds is 5. The average Bonchev–Trinajstić information content (AvgIpc) is 2.26. The minimum atomic E-state index is -0.894. The summed E-state index contributed by atoms with van der Waals surface area (Å²) in [7, 11) is 0. The lowest BCUT2D eigenvalue weighted by molar-refractivity contribution is 0.0697. The second kappa shape index (κ2) is 5.32. The lowest BCUT2D eigenvalue weighted by Crippen LogP contribution is -2.22. The zero-order valence-electron chi connectivity index (χ0n) is 8.73. The number of carboxylic acid groups (broad SMARTS) is 1. The summed E-state index contributed by atoms with van der Waals surface area (Å²) in [5, 5.41) is 11.9. The number of aromatic carboxylic acids is 1. The first-order chi connectivity index (χ1) is 7.13. The van der Waals surface area contributed by atoms with Gasteiger partial charge in [0.1, 0.15) is 0 Å². The molecule has 0 aliphatic heterocycles. The highest BCUT2D eigenvalue weighted by molar-refractivity contribution is 5.87. The summed E-state index contributed by atoms with van der Waals surface area (Å²) in [6, 6.07) is 7.10. The molecule has 1 aromatic rings. The molecule has 0 aliphatic carbocycles. The zero-order chi connectivity index (χ0) is 11.3. The van der Waals surface area contributed by atoms with Crippen LogP contribution in [0.1, 0.15) is 22.8 Å². The molecular weight excluding hydrogens is 190 g/mol. The second-order valence-corrected chi connectivity index (χ2v) is 3.41. The van der Waals surface area contributed by atoms with E-state index in [0.29, 0.717) is 12.1 Å². The first-order valence-corrected chi connectivity index (χ1v) is 4.81. The van der Waals surface area contributed by atoms with Crippen molar-refractivity contribution in [2.24, 2.45) is 0 Å². The van der Waals surface area contributed by atoms with Crippen LogP contribution in [0.2, 0.25) is 0 Å². The molecule has 0 radical (unpaired) electrons. The number of carboxylic acids is 1. The Hall–Kier alpha value is -1.61. The van der Waals surface area contributed by atoms with E-state index in [1.165, 1.54) is 0 Å². The first-order valence-electron chi connectivity index (χ1n) is 4.81. The fraction of sp³-hybridized carbons (Fsp3) is 0.250. The van der Waals surface area contributed by atoms with E-state index in [-0.39, 0.29) is 6.04 Å². The van der Waals surface area contributed by atoms with Gasteiger partial charge in [-0.2, -0.15) is 0 Å². The van der Waals surface area contributed by atoms with Crippen molar-refractivity contribution in [2.75, 3.05) is 0 Å². The third kappa shape index (κ3) is 3.56. The van der Waals surface area contributed by atoms with Gasteiger partial charge in [-0.05, 0) is 24.6 Å². The van der Waals surface area contributed by atoms with E-state index < -0.39 is 5.97 Å². The van der Waals surface area contributed by atoms with Gasteiger partial charge >= 0.3 is 5.97 Å². The van der Waals surface area contributed by atoms with Crippen LogP contribution >= 0.6 is 0 Å². The van der Waals surface area contributed by atoms with Crippen molar-refractivity contribution in [3.8, 4) is 0 Å². The van der Waals surface area contributed by atoms with E-state index in [1.54, 1.807) is 12.1 Å². The Kier molecular flexibility index (Phi) is 4.06. The Morgan fingerprint density at radius 3 is 2.60 bits per heavy atom. The van der Waals surface area contributed by atoms with Gasteiger partial charge in [-0.15, -0.1) is 6.58 Å². The van der Waals surface area contributed by atoms with Crippen LogP contribution < -0.4 is 5.32 Å². The SMILES string of the molecule is C=CC(C)NCc1ccc(C(=O)O)cc1. The molecule has 0 amide bonds. The third-order valence-electron chi connectivity index (χ3n) is 2.18. The third-order valence-corrected chi connectivity index (χ3v) is 2.18. The number of benzene rings is 1. The summed E-state index contributed by atoms with van der Waals surface area (Å²) >= 11 is 0. The smallest absolute Gasteiger partial charge is 0.335 e. The number of hydrogen-bond acceptors (Lipinski definition) is 2. The molecule has 0 bridgehead atoms. The predicted molar refractivity (Wildman–Crippen MR) is 59.9 cm³/mol. The van der Waals surface area contributed by atoms with Crippen molar-refractivity contribution >= 4 is 5.97 Å². The highest BCUT2D eigenvalue weighted by Gasteiger charge is 2.01. The van der Waals surface area contributed by atoms with Gasteiger partial charge in [0.05, 0.1) is 5.56 Å². The van der Waals surface area contributed by atoms with Crippen molar-refractivity contribution in [1.82, 2.24) is 5.32 Å². The van der Waals surface area contributed by atoms with Crippen LogP contribution in [-0.2, 0) is 6.54 Å². The molecule has 15 heavy (non-hydrogen) atoms. The quantitative estimate of drug-likeness (QED) is 0.723. The molecule has 3 nitrogen and oxygen atoms in total. The molecule has 3 heteroatoms. The Morgan fingerprint density at radius 1 is 1.53 bits per heavy atom. The zero-order valence-corrected chi connectivity index (χ0v) is 8.73. The van der Waals surface area contributed by atoms with Gasteiger partial charge < -0.3 is 10.4 Å². The van der Waals surface area contributed by atoms with Crippen molar-refractivity contribution in [3.05, 3.63) is 48.0 Å². The van der Waals surface area contributed by atoms with Crippen molar-refractivity contribution in [1.29, 1.82) is 0 Å². The van der Waals surface area contributed by atoms with Crippen LogP contribution in [0.15, 0.2) is 36.9 Å². The van der Waals surface area contributed by atoms with E-state index in [9.17, 15) is 4.79 Å². The van der Waals surface area contributed by atoms with Gasteiger partial charge in [0, 0.05) is 12.6 Å². The number of carbonyl (C=O) groups is 1. The largest absolute Gasteiger partial charge is 0.478 e. The molecule has 1 aromatic carbocycles. The van der Waals surface area contributed by atoms with Crippen LogP contribution in [0.3, 0.4) is 0 Å². The molecule has 0 heterocycles. The van der Waals surface area contributed by atoms with Gasteiger partial charge in [-0.1, -0.05) is 18.2 Å². The van der Waals surface area contributed by atoms with Gasteiger partial charge in [0.25, 0.3) is 0 Å². The van der Waals surface area contributed by atoms with E-state index in [1.807, 2.05) is 25.1 Å². The van der Waals surface area contributed by atoms with Crippen molar-refractivity contribution < 1.29 is 9.90 Å². The minimum Gasteiger partial charge on any atom is -0.478 e. The van der Waals surface area contributed by atoms with E-state index >= 15 is 0 Å². The Morgan fingerprint density at radius 2 is 2.13 bits per heavy atom. The van der Waals surface area contributed by atoms with Crippen molar-refractivity contribution in [3.63, 3.8) is 0 Å². The molecule has 0 fully saturated rings. The van der Waals surface area contributed by atoms with Gasteiger partial charge in [0.15, 0.2) is 0 Å². The van der Waals surface area contributed by atoms with Crippen molar-refractivity contribution in [2.45, 2.75) is 19.5 Å². The summed E-state index contributed by atoms with van der Waals surface area (Å²) in [6.07, 6.45) is 1.83. The Bertz CT molecular complexity index is 343. The maximum absolute atomic E-state index is 10.6. The molecule has 0 aliphatic rings. The molecule has 0 saturated carbocycles. The monoisotopic (exact) mass is 205 g/mol. The Balaban J connectivity index is 2.57. The maximum atomic E-state index is 10.6. The van der Waals surface area contributed by atoms with E-state index in [0.717, 1.165) is 5.56 Å². The summed E-state index contributed by atoms with van der Waals surface area (Å²) in [4.78, 5) is 10.6. The lowest BCUT2D eigenvalue weighted by Gasteiger charge is -2.08. The number of nitrogens with one attached hydrogen (secondary N) is 1. The van der Waals surface area contributed by atoms with Crippen LogP contribution in [0.25, 0.3) is 0 Å². The normalized spacial score (nSPS) is 12.1. The summed E-state index contributed by atoms with van der Waals surface area (Å²) in [6.45, 7) is 6.40. The molecular formula is C12H15NO2. The predicted octanol–water partition coefficient (Wildman–Crippen LogP) is 2.05. The van der Waals surface area contributed by atoms with Crippen LogP contribution in [0.4, 0.5) is 0 Å². The average molecular weight is 205 g/mol. The van der Waals surface area contributed by atoms with E-state index in [2.05, 4.69) is 11.9 Å². The minimum absolute atomic E-state index is 0.254. The number of hydrogen-bond donors (Lipinski definition) is 2. The van der Waals surface area contributed by atoms with Crippen LogP contribution in [0.5, 0.6) is 0 Å². The summed E-state index contributed by atoms with van der Waals surface area (Å²) in [5.74, 6) is -0.894. The fourth-order valence-corrected chi connectivity index (χ4v) is 1.13. The molecule has 80 valence electrons. The molecule has 2 N–H and O–H groups in total. The highest BCUT2D eigenvalue weighted by Crippen LogP contribution is 2.04. The summed E-state index contributed by atoms with van der Waals surface area (Å²) in [5.41, 5.74) is 1.38. The molecule has 0 spiro atoms. The lowest BCUT2D eigenvalue weighted by atomic mass is 10.1. The van der Waals surface area contributed by atoms with Crippen LogP contribution in [-0.4, -0.2) is 17.1 Å². The second-order valence-electron chi connectivity index (χ2n) is 3.41. The van der Waals surface area contributed by atoms with Gasteiger partial charge in [-0.3, -0.25) is 0 Å². The fourth-order valence-electron chi connectivity index (χ4n) is 1.13. The van der Waals surface area contributed by atoms with E-state index in [4.69, 9.17) is 5.11 Å². The molecule has 0 aromatic heterocycles. The standard InChI is InChI=1S/C12H15NO2/c1-3-9(2)13-8-10-4-6-11(7-5-10)12(14)15/h3-7,9,13H,1,8H2,2H3,(H,14,15). The molecule has 1 atom stereocenters.